The summed E-state index contributed by atoms with van der Waals surface area (Å²) in [5, 5.41) is 8.20. The molecule has 2 aromatic heterocycles. The fourth-order valence-corrected chi connectivity index (χ4v) is 2.42. The highest BCUT2D eigenvalue weighted by Gasteiger charge is 2.11. The SMILES string of the molecule is COc1ccc(CSc2nnc(-c3ccco3)o2)cc1F. The first-order valence-corrected chi connectivity index (χ1v) is 7.07. The lowest BCUT2D eigenvalue weighted by Crippen LogP contribution is -1.90. The molecular weight excluding hydrogens is 295 g/mol. The summed E-state index contributed by atoms with van der Waals surface area (Å²) in [5.74, 6) is 1.19. The van der Waals surface area contributed by atoms with Gasteiger partial charge in [-0.05, 0) is 29.8 Å². The first-order valence-electron chi connectivity index (χ1n) is 6.09. The van der Waals surface area contributed by atoms with Crippen LogP contribution in [0.2, 0.25) is 0 Å². The zero-order chi connectivity index (χ0) is 14.7. The second-order valence-corrected chi connectivity index (χ2v) is 5.03. The number of furan rings is 1. The van der Waals surface area contributed by atoms with Gasteiger partial charge in [-0.3, -0.25) is 0 Å². The van der Waals surface area contributed by atoms with Crippen LogP contribution in [0.1, 0.15) is 5.56 Å². The Morgan fingerprint density at radius 3 is 2.90 bits per heavy atom. The number of aromatic nitrogens is 2. The summed E-state index contributed by atoms with van der Waals surface area (Å²) in [4.78, 5) is 0. The minimum atomic E-state index is -0.391. The van der Waals surface area contributed by atoms with E-state index in [1.165, 1.54) is 31.2 Å². The standard InChI is InChI=1S/C14H11FN2O3S/c1-18-11-5-4-9(7-10(11)15)8-21-14-17-16-13(20-14)12-3-2-6-19-12/h2-7H,8H2,1H3. The molecule has 0 radical (unpaired) electrons. The second kappa shape index (κ2) is 6.01. The molecule has 0 aliphatic heterocycles. The van der Waals surface area contributed by atoms with Crippen molar-refractivity contribution in [1.29, 1.82) is 0 Å². The fraction of sp³-hybridized carbons (Fsp3) is 0.143. The number of benzene rings is 1. The van der Waals surface area contributed by atoms with Crippen LogP contribution in [-0.2, 0) is 5.75 Å². The number of hydrogen-bond donors (Lipinski definition) is 0. The Bertz CT molecular complexity index is 728. The molecule has 5 nitrogen and oxygen atoms in total. The van der Waals surface area contributed by atoms with Gasteiger partial charge in [0.25, 0.3) is 11.1 Å². The third kappa shape index (κ3) is 3.08. The van der Waals surface area contributed by atoms with Gasteiger partial charge < -0.3 is 13.6 Å². The number of nitrogens with zero attached hydrogens (tertiary/aromatic N) is 2. The molecule has 0 fully saturated rings. The summed E-state index contributed by atoms with van der Waals surface area (Å²) < 4.78 is 29.1. The Labute approximate surface area is 124 Å². The summed E-state index contributed by atoms with van der Waals surface area (Å²) in [6.07, 6.45) is 1.53. The average Bonchev–Trinajstić information content (AvgIpc) is 3.16. The Hall–Kier alpha value is -2.28. The predicted octanol–water partition coefficient (Wildman–Crippen LogP) is 3.77. The summed E-state index contributed by atoms with van der Waals surface area (Å²) >= 11 is 1.32. The fourth-order valence-electron chi connectivity index (χ4n) is 1.71. The molecule has 1 aromatic carbocycles. The molecule has 108 valence electrons. The Morgan fingerprint density at radius 2 is 2.19 bits per heavy atom. The van der Waals surface area contributed by atoms with E-state index in [1.54, 1.807) is 24.3 Å². The zero-order valence-electron chi connectivity index (χ0n) is 11.1. The normalized spacial score (nSPS) is 10.8. The van der Waals surface area contributed by atoms with Crippen LogP contribution >= 0.6 is 11.8 Å². The van der Waals surface area contributed by atoms with Gasteiger partial charge in [-0.15, -0.1) is 10.2 Å². The molecule has 21 heavy (non-hydrogen) atoms. The van der Waals surface area contributed by atoms with Crippen molar-refractivity contribution in [2.45, 2.75) is 11.0 Å². The lowest BCUT2D eigenvalue weighted by atomic mass is 10.2. The molecule has 3 aromatic rings. The minimum absolute atomic E-state index is 0.224. The first kappa shape index (κ1) is 13.7. The van der Waals surface area contributed by atoms with E-state index in [2.05, 4.69) is 10.2 Å². The number of methoxy groups -OCH3 is 1. The van der Waals surface area contributed by atoms with Crippen molar-refractivity contribution in [3.8, 4) is 17.4 Å². The number of halogens is 1. The molecule has 0 N–H and O–H groups in total. The predicted molar refractivity (Wildman–Crippen MR) is 74.5 cm³/mol. The van der Waals surface area contributed by atoms with Crippen molar-refractivity contribution in [2.24, 2.45) is 0 Å². The molecule has 2 heterocycles. The van der Waals surface area contributed by atoms with Gasteiger partial charge in [0, 0.05) is 5.75 Å². The van der Waals surface area contributed by atoms with Crippen molar-refractivity contribution in [2.75, 3.05) is 7.11 Å². The van der Waals surface area contributed by atoms with Crippen molar-refractivity contribution in [3.63, 3.8) is 0 Å². The molecule has 0 saturated carbocycles. The van der Waals surface area contributed by atoms with Crippen molar-refractivity contribution in [1.82, 2.24) is 10.2 Å². The second-order valence-electron chi connectivity index (χ2n) is 4.11. The maximum absolute atomic E-state index is 13.6. The lowest BCUT2D eigenvalue weighted by Gasteiger charge is -2.03. The summed E-state index contributed by atoms with van der Waals surface area (Å²) in [5.41, 5.74) is 0.802. The molecule has 0 amide bonds. The van der Waals surface area contributed by atoms with E-state index >= 15 is 0 Å². The Balaban J connectivity index is 1.66. The summed E-state index contributed by atoms with van der Waals surface area (Å²) in [7, 11) is 1.43. The van der Waals surface area contributed by atoms with E-state index in [0.717, 1.165) is 5.56 Å². The maximum Gasteiger partial charge on any atom is 0.284 e. The minimum Gasteiger partial charge on any atom is -0.494 e. The van der Waals surface area contributed by atoms with Gasteiger partial charge in [-0.2, -0.15) is 0 Å². The quantitative estimate of drug-likeness (QED) is 0.669. The third-order valence-corrected chi connectivity index (χ3v) is 3.61. The highest BCUT2D eigenvalue weighted by atomic mass is 32.2. The van der Waals surface area contributed by atoms with E-state index in [4.69, 9.17) is 13.6 Å². The highest BCUT2D eigenvalue weighted by Crippen LogP contribution is 2.27. The molecule has 0 bridgehead atoms. The molecule has 0 saturated heterocycles. The lowest BCUT2D eigenvalue weighted by molar-refractivity contribution is 0.386. The van der Waals surface area contributed by atoms with E-state index in [9.17, 15) is 4.39 Å². The first-order chi connectivity index (χ1) is 10.3. The van der Waals surface area contributed by atoms with Crippen LogP contribution in [0.25, 0.3) is 11.7 Å². The van der Waals surface area contributed by atoms with Crippen LogP contribution in [0.3, 0.4) is 0 Å². The molecule has 0 aliphatic rings. The van der Waals surface area contributed by atoms with E-state index < -0.39 is 5.82 Å². The van der Waals surface area contributed by atoms with Crippen molar-refractivity contribution < 1.29 is 18.0 Å². The van der Waals surface area contributed by atoms with Crippen molar-refractivity contribution >= 4 is 11.8 Å². The van der Waals surface area contributed by atoms with Crippen LogP contribution in [0.4, 0.5) is 4.39 Å². The molecule has 0 spiro atoms. The molecule has 3 rings (SSSR count). The van der Waals surface area contributed by atoms with Gasteiger partial charge in [0.1, 0.15) is 0 Å². The number of hydrogen-bond acceptors (Lipinski definition) is 6. The third-order valence-electron chi connectivity index (χ3n) is 2.72. The summed E-state index contributed by atoms with van der Waals surface area (Å²) in [6.45, 7) is 0. The van der Waals surface area contributed by atoms with E-state index in [-0.39, 0.29) is 5.75 Å². The van der Waals surface area contributed by atoms with Gasteiger partial charge in [-0.25, -0.2) is 4.39 Å². The number of thioether (sulfide) groups is 1. The zero-order valence-corrected chi connectivity index (χ0v) is 11.9. The van der Waals surface area contributed by atoms with E-state index in [0.29, 0.717) is 22.6 Å². The topological polar surface area (TPSA) is 61.3 Å². The Morgan fingerprint density at radius 1 is 1.29 bits per heavy atom. The van der Waals surface area contributed by atoms with Crippen LogP contribution in [-0.4, -0.2) is 17.3 Å². The van der Waals surface area contributed by atoms with Gasteiger partial charge in [-0.1, -0.05) is 17.8 Å². The molecule has 0 atom stereocenters. The van der Waals surface area contributed by atoms with Gasteiger partial charge >= 0.3 is 0 Å². The molecule has 0 aliphatic carbocycles. The smallest absolute Gasteiger partial charge is 0.284 e. The van der Waals surface area contributed by atoms with Crippen LogP contribution in [0.5, 0.6) is 5.75 Å². The van der Waals surface area contributed by atoms with Crippen LogP contribution < -0.4 is 4.74 Å². The molecular formula is C14H11FN2O3S. The Kier molecular flexibility index (Phi) is 3.92. The molecule has 7 heteroatoms. The number of ether oxygens (including phenoxy) is 1. The van der Waals surface area contributed by atoms with Crippen LogP contribution in [0, 0.1) is 5.82 Å². The average molecular weight is 306 g/mol. The maximum atomic E-state index is 13.6. The molecule has 0 unspecified atom stereocenters. The highest BCUT2D eigenvalue weighted by molar-refractivity contribution is 7.98. The van der Waals surface area contributed by atoms with Gasteiger partial charge in [0.15, 0.2) is 17.3 Å². The van der Waals surface area contributed by atoms with Crippen LogP contribution in [0.15, 0.2) is 50.7 Å². The summed E-state index contributed by atoms with van der Waals surface area (Å²) in [6, 6.07) is 8.29. The monoisotopic (exact) mass is 306 g/mol. The largest absolute Gasteiger partial charge is 0.494 e. The van der Waals surface area contributed by atoms with Gasteiger partial charge in [0.2, 0.25) is 0 Å². The van der Waals surface area contributed by atoms with Gasteiger partial charge in [0.05, 0.1) is 13.4 Å². The van der Waals surface area contributed by atoms with E-state index in [1.807, 2.05) is 0 Å². The number of rotatable bonds is 5. The van der Waals surface area contributed by atoms with Crippen molar-refractivity contribution in [3.05, 3.63) is 48.0 Å².